The van der Waals surface area contributed by atoms with Gasteiger partial charge in [0.1, 0.15) is 12.4 Å². The summed E-state index contributed by atoms with van der Waals surface area (Å²) in [5, 5.41) is 6.48. The monoisotopic (exact) mass is 378 g/mol. The molecule has 0 bridgehead atoms. The molecular formula is C16H22N6O3S. The average Bonchev–Trinajstić information content (AvgIpc) is 3.25. The number of nitrogens with zero attached hydrogens (tertiary/aromatic N) is 5. The van der Waals surface area contributed by atoms with E-state index in [0.29, 0.717) is 18.2 Å². The lowest BCUT2D eigenvalue weighted by molar-refractivity contribution is -0.120. The topological polar surface area (TPSA) is 120 Å². The predicted molar refractivity (Wildman–Crippen MR) is 94.1 cm³/mol. The molecule has 1 atom stereocenters. The molecular weight excluding hydrogens is 356 g/mol. The van der Waals surface area contributed by atoms with Crippen LogP contribution in [-0.4, -0.2) is 45.3 Å². The van der Waals surface area contributed by atoms with Crippen LogP contribution in [0.3, 0.4) is 0 Å². The Labute approximate surface area is 152 Å². The van der Waals surface area contributed by atoms with Crippen molar-refractivity contribution in [3.8, 4) is 0 Å². The first-order valence-corrected chi connectivity index (χ1v) is 10.4. The smallest absolute Gasteiger partial charge is 0.266 e. The molecule has 1 saturated carbocycles. The molecule has 10 heteroatoms. The number of aromatic nitrogens is 5. The highest BCUT2D eigenvalue weighted by Crippen LogP contribution is 2.32. The van der Waals surface area contributed by atoms with Crippen LogP contribution in [0.15, 0.2) is 23.9 Å². The highest BCUT2D eigenvalue weighted by molar-refractivity contribution is 7.90. The molecule has 1 amide bonds. The molecule has 1 N–H and O–H groups in total. The van der Waals surface area contributed by atoms with Crippen LogP contribution in [0.4, 0.5) is 5.82 Å². The van der Waals surface area contributed by atoms with Crippen molar-refractivity contribution >= 4 is 21.6 Å². The van der Waals surface area contributed by atoms with E-state index in [1.807, 2.05) is 6.92 Å². The lowest BCUT2D eigenvalue weighted by atomic mass is 9.98. The number of nitrogens with one attached hydrogen (secondary N) is 1. The normalized spacial score (nSPS) is 16.5. The third-order valence-electron chi connectivity index (χ3n) is 4.50. The minimum absolute atomic E-state index is 0.281. The number of sulfone groups is 1. The van der Waals surface area contributed by atoms with E-state index in [2.05, 4.69) is 25.4 Å². The Kier molecular flexibility index (Phi) is 5.30. The van der Waals surface area contributed by atoms with Gasteiger partial charge in [0, 0.05) is 6.26 Å². The van der Waals surface area contributed by atoms with Gasteiger partial charge in [0.25, 0.3) is 11.1 Å². The number of aryl methyl sites for hydroxylation is 1. The van der Waals surface area contributed by atoms with Crippen LogP contribution < -0.4 is 5.32 Å². The lowest BCUT2D eigenvalue weighted by Crippen LogP contribution is -2.28. The summed E-state index contributed by atoms with van der Waals surface area (Å²) >= 11 is 0. The Morgan fingerprint density at radius 3 is 2.58 bits per heavy atom. The van der Waals surface area contributed by atoms with Gasteiger partial charge in [-0.05, 0) is 19.3 Å². The van der Waals surface area contributed by atoms with Crippen molar-refractivity contribution in [1.82, 2.24) is 24.7 Å². The van der Waals surface area contributed by atoms with Gasteiger partial charge in [-0.2, -0.15) is 0 Å². The first kappa shape index (κ1) is 18.4. The van der Waals surface area contributed by atoms with Crippen molar-refractivity contribution in [2.45, 2.75) is 50.2 Å². The molecule has 0 spiro atoms. The maximum atomic E-state index is 12.8. The van der Waals surface area contributed by atoms with Gasteiger partial charge in [-0.25, -0.2) is 23.1 Å². The molecule has 0 saturated heterocycles. The molecule has 1 fully saturated rings. The van der Waals surface area contributed by atoms with Crippen molar-refractivity contribution in [2.24, 2.45) is 5.92 Å². The van der Waals surface area contributed by atoms with Crippen LogP contribution in [0, 0.1) is 12.8 Å². The zero-order chi connectivity index (χ0) is 18.7. The summed E-state index contributed by atoms with van der Waals surface area (Å²) in [5.41, 5.74) is 0.750. The summed E-state index contributed by atoms with van der Waals surface area (Å²) in [4.78, 5) is 24.9. The van der Waals surface area contributed by atoms with Crippen molar-refractivity contribution in [1.29, 1.82) is 0 Å². The number of hydrogen-bond acceptors (Lipinski definition) is 7. The van der Waals surface area contributed by atoms with E-state index < -0.39 is 15.9 Å². The molecule has 0 aromatic carbocycles. The van der Waals surface area contributed by atoms with E-state index in [4.69, 9.17) is 0 Å². The van der Waals surface area contributed by atoms with Crippen molar-refractivity contribution < 1.29 is 13.2 Å². The molecule has 0 aliphatic heterocycles. The summed E-state index contributed by atoms with van der Waals surface area (Å²) in [6, 6.07) is -0.649. The average molecular weight is 378 g/mol. The first-order valence-electron chi connectivity index (χ1n) is 8.53. The third kappa shape index (κ3) is 4.43. The Morgan fingerprint density at radius 2 is 2.00 bits per heavy atom. The fourth-order valence-electron chi connectivity index (χ4n) is 3.14. The molecule has 2 aromatic heterocycles. The Balaban J connectivity index is 1.83. The zero-order valence-electron chi connectivity index (χ0n) is 14.8. The predicted octanol–water partition coefficient (Wildman–Crippen LogP) is 1.54. The molecule has 1 aliphatic rings. The summed E-state index contributed by atoms with van der Waals surface area (Å²) in [5.74, 6) is 0.446. The van der Waals surface area contributed by atoms with Crippen LogP contribution in [0.25, 0.3) is 0 Å². The number of rotatable bonds is 6. The largest absolute Gasteiger partial charge is 0.308 e. The number of anilines is 1. The van der Waals surface area contributed by atoms with E-state index in [9.17, 15) is 13.2 Å². The van der Waals surface area contributed by atoms with E-state index in [0.717, 1.165) is 37.6 Å². The summed E-state index contributed by atoms with van der Waals surface area (Å²) in [6.45, 7) is 1.81. The molecule has 2 heterocycles. The highest BCUT2D eigenvalue weighted by Gasteiger charge is 2.29. The van der Waals surface area contributed by atoms with E-state index in [1.165, 1.54) is 17.2 Å². The van der Waals surface area contributed by atoms with Crippen molar-refractivity contribution in [3.63, 3.8) is 0 Å². The van der Waals surface area contributed by atoms with Gasteiger partial charge in [-0.3, -0.25) is 9.78 Å². The second-order valence-corrected chi connectivity index (χ2v) is 8.62. The van der Waals surface area contributed by atoms with E-state index in [1.54, 1.807) is 6.20 Å². The molecule has 26 heavy (non-hydrogen) atoms. The SMILES string of the molecule is Cc1cnc(NC(=O)C(CC2CCCC2)n2cnc(S(C)(=O)=O)n2)cn1. The highest BCUT2D eigenvalue weighted by atomic mass is 32.2. The number of carbonyl (C=O) groups is 1. The number of amides is 1. The van der Waals surface area contributed by atoms with Gasteiger partial charge < -0.3 is 5.32 Å². The van der Waals surface area contributed by atoms with Crippen LogP contribution in [0.2, 0.25) is 0 Å². The fourth-order valence-corrected chi connectivity index (χ4v) is 3.62. The van der Waals surface area contributed by atoms with Gasteiger partial charge in [0.2, 0.25) is 9.84 Å². The first-order chi connectivity index (χ1) is 12.3. The van der Waals surface area contributed by atoms with Gasteiger partial charge in [0.05, 0.1) is 18.1 Å². The molecule has 0 radical (unpaired) electrons. The van der Waals surface area contributed by atoms with Crippen LogP contribution >= 0.6 is 0 Å². The molecule has 2 aromatic rings. The molecule has 1 unspecified atom stereocenters. The maximum Gasteiger partial charge on any atom is 0.266 e. The van der Waals surface area contributed by atoms with Gasteiger partial charge >= 0.3 is 0 Å². The van der Waals surface area contributed by atoms with Gasteiger partial charge in [0.15, 0.2) is 5.82 Å². The zero-order valence-corrected chi connectivity index (χ0v) is 15.6. The Bertz CT molecular complexity index is 872. The molecule has 3 rings (SSSR count). The van der Waals surface area contributed by atoms with Crippen molar-refractivity contribution in [3.05, 3.63) is 24.4 Å². The summed E-state index contributed by atoms with van der Waals surface area (Å²) < 4.78 is 24.6. The quantitative estimate of drug-likeness (QED) is 0.809. The van der Waals surface area contributed by atoms with Crippen LogP contribution in [-0.2, 0) is 14.6 Å². The second-order valence-electron chi connectivity index (χ2n) is 6.71. The van der Waals surface area contributed by atoms with E-state index >= 15 is 0 Å². The number of carbonyl (C=O) groups excluding carboxylic acids is 1. The lowest BCUT2D eigenvalue weighted by Gasteiger charge is -2.19. The van der Waals surface area contributed by atoms with Gasteiger partial charge in [-0.15, -0.1) is 5.10 Å². The minimum atomic E-state index is -3.53. The van der Waals surface area contributed by atoms with Crippen LogP contribution in [0.1, 0.15) is 43.8 Å². The number of hydrogen-bond donors (Lipinski definition) is 1. The fraction of sp³-hybridized carbons (Fsp3) is 0.562. The Morgan fingerprint density at radius 1 is 1.27 bits per heavy atom. The second kappa shape index (κ2) is 7.48. The van der Waals surface area contributed by atoms with E-state index in [-0.39, 0.29) is 11.1 Å². The molecule has 1 aliphatic carbocycles. The van der Waals surface area contributed by atoms with Gasteiger partial charge in [-0.1, -0.05) is 25.7 Å². The van der Waals surface area contributed by atoms with Crippen molar-refractivity contribution in [2.75, 3.05) is 11.6 Å². The molecule has 9 nitrogen and oxygen atoms in total. The third-order valence-corrected chi connectivity index (χ3v) is 5.36. The summed E-state index contributed by atoms with van der Waals surface area (Å²) in [6.07, 6.45) is 10.4. The van der Waals surface area contributed by atoms with Crippen LogP contribution in [0.5, 0.6) is 0 Å². The Hall–Kier alpha value is -2.36. The standard InChI is InChI=1S/C16H22N6O3S/c1-11-8-18-14(9-17-11)20-15(23)13(7-12-5-3-4-6-12)22-10-19-16(21-22)26(2,24)25/h8-10,12-13H,3-7H2,1-2H3,(H,18,20,23). The molecule has 140 valence electrons. The minimum Gasteiger partial charge on any atom is -0.308 e. The maximum absolute atomic E-state index is 12.8. The summed E-state index contributed by atoms with van der Waals surface area (Å²) in [7, 11) is -3.53.